The quantitative estimate of drug-likeness (QED) is 0.799. The molecule has 0 unspecified atom stereocenters. The summed E-state index contributed by atoms with van der Waals surface area (Å²) in [5.41, 5.74) is 0.588. The number of nitrogens with zero attached hydrogens (tertiary/aromatic N) is 1. The van der Waals surface area contributed by atoms with Crippen molar-refractivity contribution in [3.8, 4) is 0 Å². The second-order valence-corrected chi connectivity index (χ2v) is 7.41. The topological polar surface area (TPSA) is 20.3 Å². The van der Waals surface area contributed by atoms with Gasteiger partial charge in [-0.15, -0.1) is 11.3 Å². The van der Waals surface area contributed by atoms with Gasteiger partial charge in [0.1, 0.15) is 4.34 Å². The van der Waals surface area contributed by atoms with Crippen molar-refractivity contribution in [2.24, 2.45) is 0 Å². The van der Waals surface area contributed by atoms with Crippen LogP contribution in [0.4, 0.5) is 0 Å². The average molecular weight is 304 g/mol. The van der Waals surface area contributed by atoms with Crippen LogP contribution >= 0.6 is 34.5 Å². The van der Waals surface area contributed by atoms with E-state index < -0.39 is 0 Å². The van der Waals surface area contributed by atoms with E-state index in [1.54, 1.807) is 6.07 Å². The number of rotatable bonds is 3. The molecule has 0 bridgehead atoms. The molecule has 2 aliphatic carbocycles. The van der Waals surface area contributed by atoms with Gasteiger partial charge in [0.05, 0.1) is 9.90 Å². The summed E-state index contributed by atoms with van der Waals surface area (Å²) in [5, 5.41) is 0. The lowest BCUT2D eigenvalue weighted by molar-refractivity contribution is 0.0665. The molecule has 2 nitrogen and oxygen atoms in total. The fourth-order valence-corrected chi connectivity index (χ4v) is 4.24. The summed E-state index contributed by atoms with van der Waals surface area (Å²) in [6, 6.07) is 2.57. The Kier molecular flexibility index (Phi) is 3.57. The molecule has 1 aromatic heterocycles. The van der Waals surface area contributed by atoms with Crippen molar-refractivity contribution < 1.29 is 4.79 Å². The van der Waals surface area contributed by atoms with Gasteiger partial charge in [-0.25, -0.2) is 0 Å². The van der Waals surface area contributed by atoms with Crippen LogP contribution in [0.25, 0.3) is 0 Å². The smallest absolute Gasteiger partial charge is 0.256 e. The lowest BCUT2D eigenvalue weighted by Crippen LogP contribution is -2.40. The molecule has 3 rings (SSSR count). The summed E-state index contributed by atoms with van der Waals surface area (Å²) >= 11 is 13.3. The van der Waals surface area contributed by atoms with E-state index in [1.165, 1.54) is 24.2 Å². The molecule has 0 N–H and O–H groups in total. The first-order valence-corrected chi connectivity index (χ1v) is 8.01. The summed E-state index contributed by atoms with van der Waals surface area (Å²) < 4.78 is 1.11. The monoisotopic (exact) mass is 303 g/mol. The minimum atomic E-state index is 0.0811. The van der Waals surface area contributed by atoms with Crippen molar-refractivity contribution in [3.63, 3.8) is 0 Å². The van der Waals surface area contributed by atoms with Crippen molar-refractivity contribution in [1.29, 1.82) is 0 Å². The summed E-state index contributed by atoms with van der Waals surface area (Å²) in [5.74, 6) is 0.0811. The predicted octanol–water partition coefficient (Wildman–Crippen LogP) is 4.60. The zero-order chi connectivity index (χ0) is 12.7. The Hall–Kier alpha value is -0.250. The van der Waals surface area contributed by atoms with E-state index in [0.29, 0.717) is 26.3 Å². The van der Waals surface area contributed by atoms with Crippen LogP contribution in [0.5, 0.6) is 0 Å². The number of carbonyl (C=O) groups excluding carboxylic acids is 1. The van der Waals surface area contributed by atoms with Crippen LogP contribution in [-0.2, 0) is 0 Å². The molecule has 2 fully saturated rings. The second kappa shape index (κ2) is 5.03. The van der Waals surface area contributed by atoms with E-state index in [-0.39, 0.29) is 5.91 Å². The molecular formula is C13H15Cl2NOS. The molecule has 1 heterocycles. The maximum Gasteiger partial charge on any atom is 0.256 e. The first-order chi connectivity index (χ1) is 8.66. The maximum absolute atomic E-state index is 12.6. The van der Waals surface area contributed by atoms with E-state index in [2.05, 4.69) is 4.90 Å². The number of hydrogen-bond acceptors (Lipinski definition) is 2. The van der Waals surface area contributed by atoms with Crippen LogP contribution < -0.4 is 0 Å². The van der Waals surface area contributed by atoms with Crippen molar-refractivity contribution in [3.05, 3.63) is 20.3 Å². The summed E-state index contributed by atoms with van der Waals surface area (Å²) in [6.45, 7) is 0. The normalized spacial score (nSPS) is 20.3. The summed E-state index contributed by atoms with van der Waals surface area (Å²) in [7, 11) is 0. The van der Waals surface area contributed by atoms with Gasteiger partial charge in [-0.2, -0.15) is 0 Å². The molecule has 18 heavy (non-hydrogen) atoms. The number of amides is 1. The molecule has 5 heteroatoms. The van der Waals surface area contributed by atoms with Crippen LogP contribution in [0.1, 0.15) is 48.9 Å². The highest BCUT2D eigenvalue weighted by atomic mass is 35.5. The van der Waals surface area contributed by atoms with Gasteiger partial charge in [0.15, 0.2) is 0 Å². The van der Waals surface area contributed by atoms with E-state index >= 15 is 0 Å². The fraction of sp³-hybridized carbons (Fsp3) is 0.615. The van der Waals surface area contributed by atoms with Crippen LogP contribution in [-0.4, -0.2) is 22.9 Å². The molecular weight excluding hydrogens is 289 g/mol. The summed E-state index contributed by atoms with van der Waals surface area (Å²) in [6.07, 6.45) is 7.02. The van der Waals surface area contributed by atoms with Gasteiger partial charge >= 0.3 is 0 Å². The molecule has 2 saturated carbocycles. The number of halogens is 2. The second-order valence-electron chi connectivity index (χ2n) is 5.12. The van der Waals surface area contributed by atoms with Crippen molar-refractivity contribution in [2.45, 2.75) is 50.6 Å². The Labute approximate surface area is 121 Å². The van der Waals surface area contributed by atoms with Gasteiger partial charge < -0.3 is 4.90 Å². The zero-order valence-corrected chi connectivity index (χ0v) is 12.3. The van der Waals surface area contributed by atoms with E-state index in [4.69, 9.17) is 23.2 Å². The third kappa shape index (κ3) is 2.40. The Bertz CT molecular complexity index is 464. The van der Waals surface area contributed by atoms with Crippen molar-refractivity contribution >= 4 is 40.4 Å². The van der Waals surface area contributed by atoms with Crippen LogP contribution in [0, 0.1) is 0 Å². The number of thiophene rings is 1. The first kappa shape index (κ1) is 12.8. The van der Waals surface area contributed by atoms with Crippen LogP contribution in [0.15, 0.2) is 6.07 Å². The third-order valence-corrected chi connectivity index (χ3v) is 5.27. The molecule has 0 spiro atoms. The summed E-state index contributed by atoms with van der Waals surface area (Å²) in [4.78, 5) is 14.7. The zero-order valence-electron chi connectivity index (χ0n) is 9.99. The minimum absolute atomic E-state index is 0.0811. The fourth-order valence-electron chi connectivity index (χ4n) is 2.79. The minimum Gasteiger partial charge on any atom is -0.333 e. The molecule has 0 saturated heterocycles. The number of carbonyl (C=O) groups is 1. The molecule has 0 atom stereocenters. The van der Waals surface area contributed by atoms with Crippen LogP contribution in [0.3, 0.4) is 0 Å². The van der Waals surface area contributed by atoms with Crippen molar-refractivity contribution in [1.82, 2.24) is 4.90 Å². The standard InChI is InChI=1S/C13H15Cl2NOS/c14-11-7-10(12(15)18-11)13(17)16(9-5-6-9)8-3-1-2-4-8/h7-9H,1-6H2. The Morgan fingerprint density at radius 3 is 2.28 bits per heavy atom. The molecule has 1 amide bonds. The van der Waals surface area contributed by atoms with Crippen LogP contribution in [0.2, 0.25) is 8.67 Å². The largest absolute Gasteiger partial charge is 0.333 e. The van der Waals surface area contributed by atoms with Gasteiger partial charge in [-0.05, 0) is 31.7 Å². The highest BCUT2D eigenvalue weighted by Crippen LogP contribution is 2.38. The lowest BCUT2D eigenvalue weighted by atomic mass is 10.1. The molecule has 98 valence electrons. The van der Waals surface area contributed by atoms with E-state index in [1.807, 2.05) is 0 Å². The maximum atomic E-state index is 12.6. The average Bonchev–Trinajstić information content (AvgIpc) is 2.87. The van der Waals surface area contributed by atoms with Gasteiger partial charge in [0.25, 0.3) is 5.91 Å². The van der Waals surface area contributed by atoms with Crippen molar-refractivity contribution in [2.75, 3.05) is 0 Å². The Morgan fingerprint density at radius 1 is 1.17 bits per heavy atom. The van der Waals surface area contributed by atoms with Gasteiger partial charge in [0.2, 0.25) is 0 Å². The van der Waals surface area contributed by atoms with Gasteiger partial charge in [-0.1, -0.05) is 36.0 Å². The lowest BCUT2D eigenvalue weighted by Gasteiger charge is -2.29. The predicted molar refractivity (Wildman–Crippen MR) is 75.8 cm³/mol. The SMILES string of the molecule is O=C(c1cc(Cl)sc1Cl)N(C1CCCC1)C1CC1. The van der Waals surface area contributed by atoms with E-state index in [0.717, 1.165) is 25.7 Å². The third-order valence-electron chi connectivity index (χ3n) is 3.78. The highest BCUT2D eigenvalue weighted by Gasteiger charge is 2.39. The highest BCUT2D eigenvalue weighted by molar-refractivity contribution is 7.20. The molecule has 2 aliphatic rings. The Balaban J connectivity index is 1.85. The molecule has 0 radical (unpaired) electrons. The molecule has 0 aliphatic heterocycles. The molecule has 1 aromatic rings. The number of hydrogen-bond donors (Lipinski definition) is 0. The van der Waals surface area contributed by atoms with E-state index in [9.17, 15) is 4.79 Å². The van der Waals surface area contributed by atoms with Gasteiger partial charge in [0, 0.05) is 12.1 Å². The Morgan fingerprint density at radius 2 is 1.78 bits per heavy atom. The first-order valence-electron chi connectivity index (χ1n) is 6.44. The van der Waals surface area contributed by atoms with Gasteiger partial charge in [-0.3, -0.25) is 4.79 Å². The molecule has 0 aromatic carbocycles.